The minimum Gasteiger partial charge on any atom is -0.482 e. The molecule has 0 aromatic heterocycles. The molecule has 0 aliphatic carbocycles. The third-order valence-corrected chi connectivity index (χ3v) is 4.34. The normalized spacial score (nSPS) is 22.0. The molecule has 2 atom stereocenters. The number of likely N-dealkylation sites (N-methyl/N-ethyl adjacent to an activating group) is 1. The lowest BCUT2D eigenvalue weighted by atomic mass is 10.1. The molecule has 25 heavy (non-hydrogen) atoms. The zero-order valence-electron chi connectivity index (χ0n) is 14.1. The number of nitrogens with one attached hydrogen (secondary N) is 2. The highest BCUT2D eigenvalue weighted by Gasteiger charge is 2.37. The van der Waals surface area contributed by atoms with Gasteiger partial charge in [0.15, 0.2) is 6.61 Å². The third kappa shape index (κ3) is 3.74. The molecule has 2 aliphatic rings. The van der Waals surface area contributed by atoms with Crippen LogP contribution in [-0.2, 0) is 20.8 Å². The molecule has 134 valence electrons. The molecule has 1 fully saturated rings. The molecule has 0 saturated carbocycles. The largest absolute Gasteiger partial charge is 0.482 e. The predicted molar refractivity (Wildman–Crippen MR) is 91.0 cm³/mol. The Kier molecular flexibility index (Phi) is 4.89. The average Bonchev–Trinajstić information content (AvgIpc) is 2.97. The van der Waals surface area contributed by atoms with Gasteiger partial charge in [-0.05, 0) is 31.0 Å². The van der Waals surface area contributed by atoms with Gasteiger partial charge in [0.05, 0.1) is 12.1 Å². The predicted octanol–water partition coefficient (Wildman–Crippen LogP) is -0.376. The van der Waals surface area contributed by atoms with E-state index in [1.54, 1.807) is 23.1 Å². The van der Waals surface area contributed by atoms with E-state index >= 15 is 0 Å². The Labute approximate surface area is 145 Å². The zero-order valence-corrected chi connectivity index (χ0v) is 14.1. The van der Waals surface area contributed by atoms with Crippen LogP contribution in [0.5, 0.6) is 5.75 Å². The summed E-state index contributed by atoms with van der Waals surface area (Å²) in [5, 5.41) is 5.47. The first-order chi connectivity index (χ1) is 12.0. The summed E-state index contributed by atoms with van der Waals surface area (Å²) in [6.07, 6.45) is 0.595. The summed E-state index contributed by atoms with van der Waals surface area (Å²) in [4.78, 5) is 37.8. The van der Waals surface area contributed by atoms with Crippen LogP contribution >= 0.6 is 0 Å². The van der Waals surface area contributed by atoms with Gasteiger partial charge >= 0.3 is 0 Å². The van der Waals surface area contributed by atoms with E-state index in [4.69, 9.17) is 10.5 Å². The van der Waals surface area contributed by atoms with Crippen molar-refractivity contribution in [1.29, 1.82) is 0 Å². The van der Waals surface area contributed by atoms with Gasteiger partial charge in [0, 0.05) is 19.1 Å². The van der Waals surface area contributed by atoms with Crippen LogP contribution in [0.4, 0.5) is 5.69 Å². The molecule has 0 spiro atoms. The summed E-state index contributed by atoms with van der Waals surface area (Å²) in [5.74, 6) is 0.0269. The monoisotopic (exact) mass is 346 g/mol. The fourth-order valence-corrected chi connectivity index (χ4v) is 3.20. The molecular weight excluding hydrogens is 324 g/mol. The number of carbonyl (C=O) groups excluding carboxylic acids is 3. The number of amides is 3. The maximum absolute atomic E-state index is 12.7. The molecule has 3 amide bonds. The third-order valence-electron chi connectivity index (χ3n) is 4.34. The topological polar surface area (TPSA) is 114 Å². The summed E-state index contributed by atoms with van der Waals surface area (Å²) < 4.78 is 5.31. The van der Waals surface area contributed by atoms with Crippen molar-refractivity contribution >= 4 is 23.4 Å². The molecule has 2 aliphatic heterocycles. The number of fused-ring (bicyclic) bond motifs is 1. The number of anilines is 1. The van der Waals surface area contributed by atoms with Gasteiger partial charge < -0.3 is 26.0 Å². The number of ether oxygens (including phenoxy) is 1. The summed E-state index contributed by atoms with van der Waals surface area (Å²) in [6.45, 7) is 2.70. The van der Waals surface area contributed by atoms with Crippen LogP contribution in [0.3, 0.4) is 0 Å². The van der Waals surface area contributed by atoms with Crippen molar-refractivity contribution in [2.75, 3.05) is 25.0 Å². The Morgan fingerprint density at radius 2 is 2.24 bits per heavy atom. The SMILES string of the molecule is CCNC(=O)[C@@H]1C[C@H](N)CN1C(=O)Cc1ccc2c(c1)NC(=O)CO2. The van der Waals surface area contributed by atoms with E-state index in [1.807, 2.05) is 6.92 Å². The number of benzene rings is 1. The molecule has 1 aromatic rings. The van der Waals surface area contributed by atoms with Crippen molar-refractivity contribution in [3.8, 4) is 5.75 Å². The second kappa shape index (κ2) is 7.10. The van der Waals surface area contributed by atoms with Gasteiger partial charge in [-0.3, -0.25) is 14.4 Å². The second-order valence-electron chi connectivity index (χ2n) is 6.30. The fraction of sp³-hybridized carbons (Fsp3) is 0.471. The molecule has 4 N–H and O–H groups in total. The molecule has 8 heteroatoms. The first kappa shape index (κ1) is 17.2. The molecular formula is C17H22N4O4. The minimum atomic E-state index is -0.525. The van der Waals surface area contributed by atoms with Gasteiger partial charge in [-0.1, -0.05) is 6.07 Å². The second-order valence-corrected chi connectivity index (χ2v) is 6.30. The molecule has 1 aromatic carbocycles. The summed E-state index contributed by atoms with van der Waals surface area (Å²) in [6, 6.07) is 4.51. The first-order valence-electron chi connectivity index (χ1n) is 8.36. The van der Waals surface area contributed by atoms with Crippen molar-refractivity contribution in [1.82, 2.24) is 10.2 Å². The molecule has 8 nitrogen and oxygen atoms in total. The van der Waals surface area contributed by atoms with E-state index in [9.17, 15) is 14.4 Å². The number of hydrogen-bond donors (Lipinski definition) is 3. The van der Waals surface area contributed by atoms with Crippen LogP contribution in [0.2, 0.25) is 0 Å². The van der Waals surface area contributed by atoms with Gasteiger partial charge in [-0.15, -0.1) is 0 Å². The Morgan fingerprint density at radius 3 is 3.00 bits per heavy atom. The number of nitrogens with zero attached hydrogens (tertiary/aromatic N) is 1. The van der Waals surface area contributed by atoms with Crippen molar-refractivity contribution in [3.63, 3.8) is 0 Å². The molecule has 0 radical (unpaired) electrons. The van der Waals surface area contributed by atoms with Crippen LogP contribution in [0.15, 0.2) is 18.2 Å². The first-order valence-corrected chi connectivity index (χ1v) is 8.36. The Morgan fingerprint density at radius 1 is 1.44 bits per heavy atom. The van der Waals surface area contributed by atoms with Gasteiger partial charge in [0.25, 0.3) is 5.91 Å². The van der Waals surface area contributed by atoms with Crippen LogP contribution < -0.4 is 21.1 Å². The number of nitrogens with two attached hydrogens (primary N) is 1. The lowest BCUT2D eigenvalue weighted by Gasteiger charge is -2.24. The van der Waals surface area contributed by atoms with Gasteiger partial charge in [-0.2, -0.15) is 0 Å². The van der Waals surface area contributed by atoms with E-state index in [1.165, 1.54) is 0 Å². The number of likely N-dealkylation sites (tertiary alicyclic amines) is 1. The van der Waals surface area contributed by atoms with E-state index < -0.39 is 6.04 Å². The van der Waals surface area contributed by atoms with Crippen molar-refractivity contribution in [3.05, 3.63) is 23.8 Å². The number of rotatable bonds is 4. The summed E-state index contributed by atoms with van der Waals surface area (Å²) >= 11 is 0. The van der Waals surface area contributed by atoms with E-state index in [0.29, 0.717) is 30.9 Å². The van der Waals surface area contributed by atoms with Crippen LogP contribution in [0.25, 0.3) is 0 Å². The van der Waals surface area contributed by atoms with Gasteiger partial charge in [0.1, 0.15) is 11.8 Å². The number of hydrogen-bond acceptors (Lipinski definition) is 5. The molecule has 3 rings (SSSR count). The van der Waals surface area contributed by atoms with E-state index in [-0.39, 0.29) is 36.8 Å². The van der Waals surface area contributed by atoms with Crippen LogP contribution in [-0.4, -0.2) is 54.4 Å². The number of carbonyl (C=O) groups is 3. The van der Waals surface area contributed by atoms with Crippen molar-refractivity contribution in [2.24, 2.45) is 5.73 Å². The molecule has 0 unspecified atom stereocenters. The van der Waals surface area contributed by atoms with E-state index in [2.05, 4.69) is 10.6 Å². The smallest absolute Gasteiger partial charge is 0.262 e. The standard InChI is InChI=1S/C17H22N4O4/c1-2-19-17(24)13-7-11(18)8-21(13)16(23)6-10-3-4-14-12(5-10)20-15(22)9-25-14/h3-5,11,13H,2,6-9,18H2,1H3,(H,19,24)(H,20,22)/t11-,13-/m0/s1. The average molecular weight is 346 g/mol. The highest BCUT2D eigenvalue weighted by molar-refractivity contribution is 5.95. The summed E-state index contributed by atoms with van der Waals surface area (Å²) in [5.41, 5.74) is 7.25. The molecule has 1 saturated heterocycles. The highest BCUT2D eigenvalue weighted by atomic mass is 16.5. The van der Waals surface area contributed by atoms with Crippen molar-refractivity contribution in [2.45, 2.75) is 31.8 Å². The Hall–Kier alpha value is -2.61. The maximum Gasteiger partial charge on any atom is 0.262 e. The minimum absolute atomic E-state index is 0.00877. The quantitative estimate of drug-likeness (QED) is 0.688. The van der Waals surface area contributed by atoms with E-state index in [0.717, 1.165) is 5.56 Å². The molecule has 0 bridgehead atoms. The maximum atomic E-state index is 12.7. The lowest BCUT2D eigenvalue weighted by molar-refractivity contribution is -0.137. The highest BCUT2D eigenvalue weighted by Crippen LogP contribution is 2.29. The Balaban J connectivity index is 1.72. The van der Waals surface area contributed by atoms with Gasteiger partial charge in [0.2, 0.25) is 11.8 Å². The summed E-state index contributed by atoms with van der Waals surface area (Å²) in [7, 11) is 0. The fourth-order valence-electron chi connectivity index (χ4n) is 3.20. The molecule has 2 heterocycles. The van der Waals surface area contributed by atoms with Gasteiger partial charge in [-0.25, -0.2) is 0 Å². The van der Waals surface area contributed by atoms with Crippen LogP contribution in [0.1, 0.15) is 18.9 Å². The lowest BCUT2D eigenvalue weighted by Crippen LogP contribution is -2.46. The van der Waals surface area contributed by atoms with Crippen LogP contribution in [0, 0.1) is 0 Å². The van der Waals surface area contributed by atoms with Crippen molar-refractivity contribution < 1.29 is 19.1 Å². The zero-order chi connectivity index (χ0) is 18.0. The Bertz CT molecular complexity index is 706.